The number of thiophene rings is 1. The van der Waals surface area contributed by atoms with Crippen LogP contribution in [0.1, 0.15) is 31.6 Å². The van der Waals surface area contributed by atoms with E-state index in [1.165, 1.54) is 0 Å². The molecule has 0 radical (unpaired) electrons. The summed E-state index contributed by atoms with van der Waals surface area (Å²) >= 11 is 7.48. The molecule has 0 saturated carbocycles. The van der Waals surface area contributed by atoms with Gasteiger partial charge in [-0.25, -0.2) is 4.99 Å². The van der Waals surface area contributed by atoms with Gasteiger partial charge in [-0.3, -0.25) is 4.99 Å². The van der Waals surface area contributed by atoms with Gasteiger partial charge in [0.1, 0.15) is 5.70 Å². The van der Waals surface area contributed by atoms with Crippen molar-refractivity contribution in [2.45, 2.75) is 32.7 Å². The van der Waals surface area contributed by atoms with E-state index in [0.717, 1.165) is 31.6 Å². The molecule has 1 atom stereocenters. The van der Waals surface area contributed by atoms with E-state index in [2.05, 4.69) is 68.4 Å². The molecule has 0 spiro atoms. The molecule has 1 rings (SSSR count). The van der Waals surface area contributed by atoms with Crippen molar-refractivity contribution in [3.8, 4) is 0 Å². The predicted octanol–water partition coefficient (Wildman–Crippen LogP) is 5.59. The van der Waals surface area contributed by atoms with Crippen molar-refractivity contribution in [2.24, 2.45) is 9.98 Å². The van der Waals surface area contributed by atoms with Gasteiger partial charge in [-0.15, -0.1) is 11.3 Å². The minimum absolute atomic E-state index is 0.221. The molecule has 0 saturated heterocycles. The van der Waals surface area contributed by atoms with Crippen LogP contribution in [-0.4, -0.2) is 29.7 Å². The van der Waals surface area contributed by atoms with E-state index >= 15 is 0 Å². The summed E-state index contributed by atoms with van der Waals surface area (Å²) in [4.78, 5) is 10.3. The standard InChI is InChI=1S/C15H20BrIN2OS/c1-4-11(2)19-15(20-3)13(18-9-5-8-17)10-12-6-7-14(16)21-12/h6-7,9-11H,4-5,8H2,1-3H3/b13-10+,18-9?,19-15?. The third kappa shape index (κ3) is 7.06. The molecule has 1 aromatic heterocycles. The molecule has 3 nitrogen and oxygen atoms in total. The summed E-state index contributed by atoms with van der Waals surface area (Å²) in [5.41, 5.74) is 0.775. The van der Waals surface area contributed by atoms with Crippen LogP contribution in [0.3, 0.4) is 0 Å². The minimum atomic E-state index is 0.221. The molecule has 6 heteroatoms. The third-order valence-electron chi connectivity index (χ3n) is 2.68. The van der Waals surface area contributed by atoms with Gasteiger partial charge in [-0.1, -0.05) is 29.5 Å². The highest BCUT2D eigenvalue weighted by molar-refractivity contribution is 14.1. The number of hydrogen-bond donors (Lipinski definition) is 0. The first-order chi connectivity index (χ1) is 10.1. The molecular weight excluding hydrogens is 463 g/mol. The Morgan fingerprint density at radius 2 is 2.29 bits per heavy atom. The number of halogens is 2. The Kier molecular flexibility index (Phi) is 9.42. The lowest BCUT2D eigenvalue weighted by atomic mass is 10.2. The van der Waals surface area contributed by atoms with Crippen LogP contribution in [0.5, 0.6) is 0 Å². The van der Waals surface area contributed by atoms with Crippen molar-refractivity contribution in [3.05, 3.63) is 26.5 Å². The topological polar surface area (TPSA) is 34.0 Å². The molecule has 0 aliphatic heterocycles. The van der Waals surface area contributed by atoms with Crippen LogP contribution >= 0.6 is 49.9 Å². The van der Waals surface area contributed by atoms with Crippen LogP contribution in [0.15, 0.2) is 31.6 Å². The number of aliphatic imine (C=N–C) groups is 2. The SMILES string of the molecule is CCC(C)N=C(OC)/C(=C\c1ccc(Br)s1)N=CCCI. The maximum atomic E-state index is 5.45. The van der Waals surface area contributed by atoms with Gasteiger partial charge in [0.05, 0.1) is 16.9 Å². The Labute approximate surface area is 152 Å². The lowest BCUT2D eigenvalue weighted by Crippen LogP contribution is -2.09. The largest absolute Gasteiger partial charge is 0.480 e. The molecule has 1 unspecified atom stereocenters. The molecule has 0 aliphatic rings. The van der Waals surface area contributed by atoms with Crippen molar-refractivity contribution >= 4 is 68.0 Å². The Balaban J connectivity index is 3.11. The fraction of sp³-hybridized carbons (Fsp3) is 0.467. The maximum Gasteiger partial charge on any atom is 0.235 e. The summed E-state index contributed by atoms with van der Waals surface area (Å²) in [6.45, 7) is 4.19. The first-order valence-corrected chi connectivity index (χ1v) is 9.91. The molecule has 0 bridgehead atoms. The Bertz CT molecular complexity index is 525. The molecule has 0 N–H and O–H groups in total. The lowest BCUT2D eigenvalue weighted by molar-refractivity contribution is 0.397. The van der Waals surface area contributed by atoms with Crippen molar-refractivity contribution in [1.82, 2.24) is 0 Å². The fourth-order valence-corrected chi connectivity index (χ4v) is 3.06. The van der Waals surface area contributed by atoms with Crippen molar-refractivity contribution in [2.75, 3.05) is 11.5 Å². The molecule has 0 fully saturated rings. The Morgan fingerprint density at radius 1 is 1.52 bits per heavy atom. The van der Waals surface area contributed by atoms with E-state index in [9.17, 15) is 0 Å². The number of hydrogen-bond acceptors (Lipinski definition) is 4. The normalized spacial score (nSPS) is 14.7. The Morgan fingerprint density at radius 3 is 2.81 bits per heavy atom. The smallest absolute Gasteiger partial charge is 0.235 e. The molecule has 0 aromatic carbocycles. The van der Waals surface area contributed by atoms with Gasteiger partial charge in [-0.05, 0) is 53.9 Å². The van der Waals surface area contributed by atoms with Gasteiger partial charge in [0, 0.05) is 15.5 Å². The number of ether oxygens (including phenoxy) is 1. The zero-order chi connectivity index (χ0) is 15.7. The van der Waals surface area contributed by atoms with Crippen molar-refractivity contribution in [3.63, 3.8) is 0 Å². The summed E-state index contributed by atoms with van der Waals surface area (Å²) in [6.07, 6.45) is 5.85. The van der Waals surface area contributed by atoms with Gasteiger partial charge >= 0.3 is 0 Å². The monoisotopic (exact) mass is 482 g/mol. The summed E-state index contributed by atoms with van der Waals surface area (Å²) in [5.74, 6) is 0.596. The molecular formula is C15H20BrIN2OS. The van der Waals surface area contributed by atoms with Gasteiger partial charge in [0.15, 0.2) is 0 Å². The number of nitrogens with zero attached hydrogens (tertiary/aromatic N) is 2. The van der Waals surface area contributed by atoms with Crippen molar-refractivity contribution in [1.29, 1.82) is 0 Å². The van der Waals surface area contributed by atoms with Crippen LogP contribution in [0.2, 0.25) is 0 Å². The van der Waals surface area contributed by atoms with E-state index in [4.69, 9.17) is 4.74 Å². The second kappa shape index (κ2) is 10.5. The molecule has 1 heterocycles. The Hall–Kier alpha value is -0.210. The summed E-state index contributed by atoms with van der Waals surface area (Å²) in [5, 5.41) is 0. The van der Waals surface area contributed by atoms with Gasteiger partial charge in [0.25, 0.3) is 0 Å². The highest BCUT2D eigenvalue weighted by Gasteiger charge is 2.09. The van der Waals surface area contributed by atoms with E-state index in [0.29, 0.717) is 5.90 Å². The zero-order valence-electron chi connectivity index (χ0n) is 12.5. The summed E-state index contributed by atoms with van der Waals surface area (Å²) < 4.78 is 7.60. The van der Waals surface area contributed by atoms with Crippen LogP contribution < -0.4 is 0 Å². The van der Waals surface area contributed by atoms with E-state index < -0.39 is 0 Å². The van der Waals surface area contributed by atoms with Crippen molar-refractivity contribution < 1.29 is 4.74 Å². The van der Waals surface area contributed by atoms with E-state index in [1.54, 1.807) is 18.4 Å². The molecule has 0 aliphatic carbocycles. The summed E-state index contributed by atoms with van der Waals surface area (Å²) in [6, 6.07) is 4.30. The van der Waals surface area contributed by atoms with Gasteiger partial charge in [0.2, 0.25) is 5.90 Å². The quantitative estimate of drug-likeness (QED) is 0.216. The van der Waals surface area contributed by atoms with Gasteiger partial charge < -0.3 is 4.74 Å². The molecule has 1 aromatic rings. The number of rotatable bonds is 7. The highest BCUT2D eigenvalue weighted by atomic mass is 127. The van der Waals surface area contributed by atoms with E-state index in [-0.39, 0.29) is 6.04 Å². The predicted molar refractivity (Wildman–Crippen MR) is 106 cm³/mol. The average molecular weight is 483 g/mol. The van der Waals surface area contributed by atoms with Crippen LogP contribution in [0.25, 0.3) is 6.08 Å². The first-order valence-electron chi connectivity index (χ1n) is 6.78. The lowest BCUT2D eigenvalue weighted by Gasteiger charge is -2.09. The second-order valence-corrected chi connectivity index (χ2v) is 7.93. The van der Waals surface area contributed by atoms with Crippen LogP contribution in [0, 0.1) is 0 Å². The minimum Gasteiger partial charge on any atom is -0.480 e. The average Bonchev–Trinajstić information content (AvgIpc) is 2.89. The highest BCUT2D eigenvalue weighted by Crippen LogP contribution is 2.24. The third-order valence-corrected chi connectivity index (χ3v) is 4.88. The first kappa shape index (κ1) is 18.8. The molecule has 116 valence electrons. The number of alkyl halides is 1. The molecule has 0 amide bonds. The van der Waals surface area contributed by atoms with Crippen LogP contribution in [0.4, 0.5) is 0 Å². The second-order valence-electron chi connectivity index (χ2n) is 4.36. The van der Waals surface area contributed by atoms with E-state index in [1.807, 2.05) is 18.4 Å². The fourth-order valence-electron chi connectivity index (χ4n) is 1.42. The molecule has 21 heavy (non-hydrogen) atoms. The zero-order valence-corrected chi connectivity index (χ0v) is 17.0. The summed E-state index contributed by atoms with van der Waals surface area (Å²) in [7, 11) is 1.65. The van der Waals surface area contributed by atoms with Crippen LogP contribution in [-0.2, 0) is 4.74 Å². The number of methoxy groups -OCH3 is 1. The maximum absolute atomic E-state index is 5.45. The van der Waals surface area contributed by atoms with Gasteiger partial charge in [-0.2, -0.15) is 0 Å².